The molecule has 1 unspecified atom stereocenters. The maximum atomic E-state index is 12.1. The number of methoxy groups -OCH3 is 1. The second kappa shape index (κ2) is 7.00. The number of hydrogen-bond acceptors (Lipinski definition) is 3. The Bertz CT molecular complexity index is 833. The zero-order valence-electron chi connectivity index (χ0n) is 13.6. The molecule has 0 aliphatic heterocycles. The largest absolute Gasteiger partial charge is 0.497 e. The lowest BCUT2D eigenvalue weighted by molar-refractivity contribution is -0.117. The van der Waals surface area contributed by atoms with Gasteiger partial charge < -0.3 is 15.0 Å². The minimum absolute atomic E-state index is 0.168. The van der Waals surface area contributed by atoms with Gasteiger partial charge in [0.2, 0.25) is 5.91 Å². The predicted molar refractivity (Wildman–Crippen MR) is 94.7 cm³/mol. The van der Waals surface area contributed by atoms with Crippen molar-refractivity contribution >= 4 is 23.0 Å². The van der Waals surface area contributed by atoms with E-state index in [2.05, 4.69) is 15.3 Å². The van der Waals surface area contributed by atoms with Crippen molar-refractivity contribution in [2.45, 2.75) is 13.0 Å². The second-order valence-electron chi connectivity index (χ2n) is 5.48. The number of benzene rings is 2. The van der Waals surface area contributed by atoms with Crippen molar-refractivity contribution in [3.63, 3.8) is 0 Å². The number of rotatable bonds is 5. The van der Waals surface area contributed by atoms with Crippen LogP contribution >= 0.6 is 0 Å². The normalized spacial score (nSPS) is 12.4. The molecule has 0 bridgehead atoms. The fraction of sp³-hybridized carbons (Fsp3) is 0.158. The van der Waals surface area contributed by atoms with Crippen LogP contribution < -0.4 is 10.1 Å². The smallest absolute Gasteiger partial charge is 0.244 e. The Morgan fingerprint density at radius 1 is 1.21 bits per heavy atom. The minimum atomic E-state index is -0.203. The molecule has 3 rings (SSSR count). The fourth-order valence-electron chi connectivity index (χ4n) is 2.39. The van der Waals surface area contributed by atoms with E-state index in [9.17, 15) is 4.79 Å². The Labute approximate surface area is 140 Å². The summed E-state index contributed by atoms with van der Waals surface area (Å²) in [4.78, 5) is 19.8. The Morgan fingerprint density at radius 3 is 2.67 bits per heavy atom. The Morgan fingerprint density at radius 2 is 1.96 bits per heavy atom. The number of H-pyrrole nitrogens is 1. The van der Waals surface area contributed by atoms with Crippen molar-refractivity contribution in [2.75, 3.05) is 7.11 Å². The molecule has 1 aromatic heterocycles. The molecule has 1 atom stereocenters. The zero-order chi connectivity index (χ0) is 16.9. The average molecular weight is 321 g/mol. The molecular formula is C19H19N3O2. The van der Waals surface area contributed by atoms with E-state index in [0.717, 1.165) is 28.2 Å². The Balaban J connectivity index is 1.63. The molecule has 0 radical (unpaired) electrons. The monoisotopic (exact) mass is 321 g/mol. The molecular weight excluding hydrogens is 302 g/mol. The molecule has 1 heterocycles. The van der Waals surface area contributed by atoms with Gasteiger partial charge in [-0.25, -0.2) is 4.98 Å². The average Bonchev–Trinajstić information content (AvgIpc) is 3.05. The first kappa shape index (κ1) is 15.8. The molecule has 3 aromatic rings. The van der Waals surface area contributed by atoms with Crippen LogP contribution in [-0.4, -0.2) is 23.0 Å². The van der Waals surface area contributed by atoms with E-state index in [-0.39, 0.29) is 11.9 Å². The number of amides is 1. The predicted octanol–water partition coefficient (Wildman–Crippen LogP) is 3.46. The number of nitrogens with one attached hydrogen (secondary N) is 2. The summed E-state index contributed by atoms with van der Waals surface area (Å²) in [5, 5.41) is 2.91. The van der Waals surface area contributed by atoms with E-state index in [4.69, 9.17) is 4.74 Å². The number of carbonyl (C=O) groups excluding carboxylic acids is 1. The van der Waals surface area contributed by atoms with Crippen LogP contribution in [0.25, 0.3) is 17.1 Å². The van der Waals surface area contributed by atoms with Gasteiger partial charge in [0.25, 0.3) is 0 Å². The third-order valence-corrected chi connectivity index (χ3v) is 3.72. The van der Waals surface area contributed by atoms with E-state index < -0.39 is 0 Å². The van der Waals surface area contributed by atoms with Crippen LogP contribution in [0.2, 0.25) is 0 Å². The summed E-state index contributed by atoms with van der Waals surface area (Å²) in [7, 11) is 1.62. The molecule has 2 N–H and O–H groups in total. The van der Waals surface area contributed by atoms with Gasteiger partial charge >= 0.3 is 0 Å². The summed E-state index contributed by atoms with van der Waals surface area (Å²) >= 11 is 0. The molecule has 0 fully saturated rings. The maximum absolute atomic E-state index is 12.1. The highest BCUT2D eigenvalue weighted by atomic mass is 16.5. The third kappa shape index (κ3) is 3.63. The number of carbonyl (C=O) groups is 1. The first-order valence-electron chi connectivity index (χ1n) is 7.73. The quantitative estimate of drug-likeness (QED) is 0.707. The number of para-hydroxylation sites is 2. The molecule has 122 valence electrons. The summed E-state index contributed by atoms with van der Waals surface area (Å²) in [6, 6.07) is 15.1. The molecule has 0 spiro atoms. The minimum Gasteiger partial charge on any atom is -0.497 e. The van der Waals surface area contributed by atoms with Crippen molar-refractivity contribution in [3.8, 4) is 5.75 Å². The van der Waals surface area contributed by atoms with Crippen LogP contribution in [0.4, 0.5) is 0 Å². The molecule has 0 aliphatic rings. The van der Waals surface area contributed by atoms with E-state index in [1.807, 2.05) is 55.5 Å². The van der Waals surface area contributed by atoms with Crippen LogP contribution in [0.15, 0.2) is 54.6 Å². The summed E-state index contributed by atoms with van der Waals surface area (Å²) in [6.45, 7) is 1.90. The summed E-state index contributed by atoms with van der Waals surface area (Å²) in [5.74, 6) is 1.36. The van der Waals surface area contributed by atoms with Gasteiger partial charge in [-0.2, -0.15) is 0 Å². The van der Waals surface area contributed by atoms with Crippen molar-refractivity contribution in [1.29, 1.82) is 0 Å². The lowest BCUT2D eigenvalue weighted by Gasteiger charge is -2.09. The van der Waals surface area contributed by atoms with Crippen LogP contribution in [0.1, 0.15) is 24.4 Å². The second-order valence-corrected chi connectivity index (χ2v) is 5.48. The van der Waals surface area contributed by atoms with Crippen molar-refractivity contribution in [1.82, 2.24) is 15.3 Å². The van der Waals surface area contributed by atoms with Crippen LogP contribution in [0, 0.1) is 0 Å². The number of aromatic nitrogens is 2. The molecule has 0 saturated carbocycles. The molecule has 0 aliphatic carbocycles. The van der Waals surface area contributed by atoms with Gasteiger partial charge in [0.05, 0.1) is 24.2 Å². The van der Waals surface area contributed by atoms with Crippen LogP contribution in [-0.2, 0) is 4.79 Å². The molecule has 5 nitrogen and oxygen atoms in total. The standard InChI is InChI=1S/C19H19N3O2/c1-13(19-21-16-5-3-4-6-17(16)22-19)20-18(23)12-9-14-7-10-15(24-2)11-8-14/h3-13H,1-2H3,(H,20,23)(H,21,22). The Hall–Kier alpha value is -3.08. The highest BCUT2D eigenvalue weighted by Crippen LogP contribution is 2.16. The van der Waals surface area contributed by atoms with E-state index in [1.165, 1.54) is 6.08 Å². The molecule has 0 saturated heterocycles. The summed E-state index contributed by atoms with van der Waals surface area (Å²) in [6.07, 6.45) is 3.28. The van der Waals surface area contributed by atoms with Gasteiger partial charge in [-0.3, -0.25) is 4.79 Å². The number of fused-ring (bicyclic) bond motifs is 1. The first-order valence-corrected chi connectivity index (χ1v) is 7.73. The van der Waals surface area contributed by atoms with Crippen molar-refractivity contribution in [2.24, 2.45) is 0 Å². The van der Waals surface area contributed by atoms with Crippen LogP contribution in [0.3, 0.4) is 0 Å². The molecule has 24 heavy (non-hydrogen) atoms. The number of aromatic amines is 1. The van der Waals surface area contributed by atoms with Gasteiger partial charge in [-0.1, -0.05) is 24.3 Å². The number of ether oxygens (including phenoxy) is 1. The van der Waals surface area contributed by atoms with E-state index in [0.29, 0.717) is 0 Å². The lowest BCUT2D eigenvalue weighted by atomic mass is 10.2. The highest BCUT2D eigenvalue weighted by molar-refractivity contribution is 5.92. The SMILES string of the molecule is COc1ccc(C=CC(=O)NC(C)c2nc3ccccc3[nH]2)cc1. The molecule has 1 amide bonds. The van der Waals surface area contributed by atoms with Crippen molar-refractivity contribution < 1.29 is 9.53 Å². The van der Waals surface area contributed by atoms with Gasteiger partial charge in [0.1, 0.15) is 11.6 Å². The summed E-state index contributed by atoms with van der Waals surface area (Å²) in [5.41, 5.74) is 2.78. The number of nitrogens with zero attached hydrogens (tertiary/aromatic N) is 1. The van der Waals surface area contributed by atoms with Crippen LogP contribution in [0.5, 0.6) is 5.75 Å². The highest BCUT2D eigenvalue weighted by Gasteiger charge is 2.11. The lowest BCUT2D eigenvalue weighted by Crippen LogP contribution is -2.25. The summed E-state index contributed by atoms with van der Waals surface area (Å²) < 4.78 is 5.11. The van der Waals surface area contributed by atoms with Gasteiger partial charge in [0, 0.05) is 6.08 Å². The molecule has 5 heteroatoms. The fourth-order valence-corrected chi connectivity index (χ4v) is 2.39. The van der Waals surface area contributed by atoms with Crippen molar-refractivity contribution in [3.05, 3.63) is 66.0 Å². The topological polar surface area (TPSA) is 67.0 Å². The third-order valence-electron chi connectivity index (χ3n) is 3.72. The van der Waals surface area contributed by atoms with Gasteiger partial charge in [-0.05, 0) is 42.8 Å². The number of imidazole rings is 1. The zero-order valence-corrected chi connectivity index (χ0v) is 13.6. The van der Waals surface area contributed by atoms with Gasteiger partial charge in [0.15, 0.2) is 0 Å². The maximum Gasteiger partial charge on any atom is 0.244 e. The Kier molecular flexibility index (Phi) is 4.61. The van der Waals surface area contributed by atoms with Gasteiger partial charge in [-0.15, -0.1) is 0 Å². The first-order chi connectivity index (χ1) is 11.7. The number of hydrogen-bond donors (Lipinski definition) is 2. The van der Waals surface area contributed by atoms with E-state index in [1.54, 1.807) is 13.2 Å². The molecule has 2 aromatic carbocycles. The van der Waals surface area contributed by atoms with E-state index >= 15 is 0 Å².